The SMILES string of the molecule is C[NH2+]/C=C\N(C)C/C=N/N(C)c1cc2c3c(c1O)CCCN3CCC2. The highest BCUT2D eigenvalue weighted by Gasteiger charge is 2.28. The summed E-state index contributed by atoms with van der Waals surface area (Å²) < 4.78 is 0. The van der Waals surface area contributed by atoms with Crippen LogP contribution in [0.4, 0.5) is 11.4 Å². The maximum absolute atomic E-state index is 10.8. The van der Waals surface area contributed by atoms with E-state index in [0.717, 1.165) is 50.1 Å². The van der Waals surface area contributed by atoms with E-state index >= 15 is 0 Å². The molecular weight excluding hydrogens is 314 g/mol. The summed E-state index contributed by atoms with van der Waals surface area (Å²) in [6.45, 7) is 2.95. The maximum Gasteiger partial charge on any atom is 0.146 e. The Morgan fingerprint density at radius 2 is 2.04 bits per heavy atom. The minimum absolute atomic E-state index is 0.402. The molecule has 0 bridgehead atoms. The van der Waals surface area contributed by atoms with Crippen molar-refractivity contribution in [3.05, 3.63) is 29.6 Å². The molecule has 0 atom stereocenters. The van der Waals surface area contributed by atoms with Gasteiger partial charge in [0.25, 0.3) is 0 Å². The lowest BCUT2D eigenvalue weighted by molar-refractivity contribution is -0.557. The number of phenols is 1. The van der Waals surface area contributed by atoms with E-state index in [1.165, 1.54) is 17.7 Å². The van der Waals surface area contributed by atoms with Crippen LogP contribution in [0.2, 0.25) is 0 Å². The van der Waals surface area contributed by atoms with Gasteiger partial charge in [-0.1, -0.05) is 0 Å². The Kier molecular flexibility index (Phi) is 5.48. The third-order valence-corrected chi connectivity index (χ3v) is 4.98. The van der Waals surface area contributed by atoms with Gasteiger partial charge in [0.2, 0.25) is 0 Å². The summed E-state index contributed by atoms with van der Waals surface area (Å²) in [5, 5.41) is 19.1. The standard InChI is InChI=1S/C19H29N5O/c1-20-8-12-22(2)13-9-21-23(3)17-14-15-6-4-10-24-11-5-7-16(18(15)24)19(17)25/h8-9,12,14,20,25H,4-7,10-11,13H2,1-3H3/p+1/b12-8-,21-9+. The highest BCUT2D eigenvalue weighted by atomic mass is 16.3. The fourth-order valence-corrected chi connectivity index (χ4v) is 3.72. The molecule has 136 valence electrons. The molecule has 0 spiro atoms. The van der Waals surface area contributed by atoms with Crippen LogP contribution in [0.15, 0.2) is 23.6 Å². The van der Waals surface area contributed by atoms with E-state index in [2.05, 4.69) is 21.0 Å². The van der Waals surface area contributed by atoms with Gasteiger partial charge in [-0.3, -0.25) is 5.01 Å². The molecule has 2 aliphatic rings. The summed E-state index contributed by atoms with van der Waals surface area (Å²) >= 11 is 0. The number of phenolic OH excluding ortho intramolecular Hbond substituents is 1. The molecule has 0 unspecified atom stereocenters. The number of nitrogens with two attached hydrogens (primary N) is 1. The normalized spacial score (nSPS) is 16.5. The largest absolute Gasteiger partial charge is 0.505 e. The fourth-order valence-electron chi connectivity index (χ4n) is 3.72. The van der Waals surface area contributed by atoms with Crippen LogP contribution in [0.5, 0.6) is 5.75 Å². The molecular formula is C19H30N5O+. The molecule has 0 radical (unpaired) electrons. The van der Waals surface area contributed by atoms with Crippen LogP contribution in [0.3, 0.4) is 0 Å². The Balaban J connectivity index is 1.79. The van der Waals surface area contributed by atoms with Gasteiger partial charge in [0, 0.05) is 44.7 Å². The van der Waals surface area contributed by atoms with Crippen LogP contribution < -0.4 is 15.2 Å². The molecule has 3 rings (SSSR count). The predicted molar refractivity (Wildman–Crippen MR) is 103 cm³/mol. The van der Waals surface area contributed by atoms with Gasteiger partial charge in [-0.05, 0) is 37.3 Å². The summed E-state index contributed by atoms with van der Waals surface area (Å²) in [6, 6.07) is 2.12. The highest BCUT2D eigenvalue weighted by Crippen LogP contribution is 2.44. The molecule has 0 saturated heterocycles. The lowest BCUT2D eigenvalue weighted by Gasteiger charge is -2.38. The summed E-state index contributed by atoms with van der Waals surface area (Å²) in [5.41, 5.74) is 4.57. The Bertz CT molecular complexity index is 668. The van der Waals surface area contributed by atoms with E-state index in [4.69, 9.17) is 0 Å². The second kappa shape index (κ2) is 7.78. The molecule has 0 aromatic heterocycles. The Hall–Kier alpha value is -2.21. The Morgan fingerprint density at radius 3 is 2.80 bits per heavy atom. The zero-order chi connectivity index (χ0) is 17.8. The zero-order valence-corrected chi connectivity index (χ0v) is 15.6. The van der Waals surface area contributed by atoms with Gasteiger partial charge in [0.1, 0.15) is 17.6 Å². The van der Waals surface area contributed by atoms with Crippen molar-refractivity contribution in [3.63, 3.8) is 0 Å². The Morgan fingerprint density at radius 1 is 1.28 bits per heavy atom. The van der Waals surface area contributed by atoms with Gasteiger partial charge < -0.3 is 20.2 Å². The number of rotatable bonds is 6. The van der Waals surface area contributed by atoms with Crippen molar-refractivity contribution < 1.29 is 10.4 Å². The van der Waals surface area contributed by atoms with Crippen LogP contribution >= 0.6 is 0 Å². The quantitative estimate of drug-likeness (QED) is 0.600. The minimum atomic E-state index is 0.402. The average molecular weight is 344 g/mol. The van der Waals surface area contributed by atoms with E-state index in [-0.39, 0.29) is 0 Å². The second-order valence-electron chi connectivity index (χ2n) is 6.86. The predicted octanol–water partition coefficient (Wildman–Crippen LogP) is 1.11. The summed E-state index contributed by atoms with van der Waals surface area (Å²) in [7, 11) is 5.92. The number of hydrogen-bond donors (Lipinski definition) is 2. The van der Waals surface area contributed by atoms with Crippen LogP contribution in [-0.2, 0) is 12.8 Å². The minimum Gasteiger partial charge on any atom is -0.505 e. The van der Waals surface area contributed by atoms with Crippen molar-refractivity contribution >= 4 is 17.6 Å². The third kappa shape index (κ3) is 3.74. The molecule has 1 aromatic carbocycles. The van der Waals surface area contributed by atoms with Gasteiger partial charge in [-0.25, -0.2) is 0 Å². The molecule has 0 amide bonds. The van der Waals surface area contributed by atoms with Crippen molar-refractivity contribution in [1.29, 1.82) is 0 Å². The molecule has 0 aliphatic carbocycles. The van der Waals surface area contributed by atoms with Crippen LogP contribution in [0.1, 0.15) is 24.0 Å². The first-order chi connectivity index (χ1) is 12.1. The first-order valence-corrected chi connectivity index (χ1v) is 9.17. The van der Waals surface area contributed by atoms with Crippen LogP contribution in [0.25, 0.3) is 0 Å². The first-order valence-electron chi connectivity index (χ1n) is 9.17. The van der Waals surface area contributed by atoms with Gasteiger partial charge in [-0.2, -0.15) is 5.10 Å². The van der Waals surface area contributed by atoms with E-state index in [0.29, 0.717) is 5.75 Å². The molecule has 1 aromatic rings. The highest BCUT2D eigenvalue weighted by molar-refractivity contribution is 5.76. The van der Waals surface area contributed by atoms with Crippen molar-refractivity contribution in [1.82, 2.24) is 4.90 Å². The van der Waals surface area contributed by atoms with Crippen molar-refractivity contribution in [2.24, 2.45) is 5.10 Å². The third-order valence-electron chi connectivity index (χ3n) is 4.98. The smallest absolute Gasteiger partial charge is 0.146 e. The molecule has 0 saturated carbocycles. The van der Waals surface area contributed by atoms with E-state index in [1.54, 1.807) is 5.01 Å². The molecule has 0 fully saturated rings. The number of nitrogens with zero attached hydrogens (tertiary/aromatic N) is 4. The molecule has 2 aliphatic heterocycles. The van der Waals surface area contributed by atoms with Crippen molar-refractivity contribution in [3.8, 4) is 5.75 Å². The van der Waals surface area contributed by atoms with Crippen molar-refractivity contribution in [2.75, 3.05) is 50.7 Å². The summed E-state index contributed by atoms with van der Waals surface area (Å²) in [6.07, 6.45) is 10.2. The lowest BCUT2D eigenvalue weighted by Crippen LogP contribution is -2.72. The molecule has 6 nitrogen and oxygen atoms in total. The number of aryl methyl sites for hydroxylation is 1. The summed E-state index contributed by atoms with van der Waals surface area (Å²) in [4.78, 5) is 4.50. The van der Waals surface area contributed by atoms with Crippen LogP contribution in [0, 0.1) is 0 Å². The monoisotopic (exact) mass is 344 g/mol. The van der Waals surface area contributed by atoms with E-state index < -0.39 is 0 Å². The number of anilines is 2. The second-order valence-corrected chi connectivity index (χ2v) is 6.86. The zero-order valence-electron chi connectivity index (χ0n) is 15.6. The fraction of sp³-hybridized carbons (Fsp3) is 0.526. The molecule has 6 heteroatoms. The lowest BCUT2D eigenvalue weighted by atomic mass is 9.90. The molecule has 2 heterocycles. The number of aromatic hydroxyl groups is 1. The van der Waals surface area contributed by atoms with Gasteiger partial charge >= 0.3 is 0 Å². The van der Waals surface area contributed by atoms with E-state index in [1.807, 2.05) is 45.1 Å². The molecule has 3 N–H and O–H groups in total. The van der Waals surface area contributed by atoms with Crippen molar-refractivity contribution in [2.45, 2.75) is 25.7 Å². The number of quaternary nitrogens is 1. The maximum atomic E-state index is 10.8. The first kappa shape index (κ1) is 17.6. The van der Waals surface area contributed by atoms with E-state index in [9.17, 15) is 5.11 Å². The molecule has 25 heavy (non-hydrogen) atoms. The van der Waals surface area contributed by atoms with Crippen LogP contribution in [-0.4, -0.2) is 57.0 Å². The van der Waals surface area contributed by atoms with Gasteiger partial charge in [0.15, 0.2) is 0 Å². The van der Waals surface area contributed by atoms with Gasteiger partial charge in [-0.15, -0.1) is 0 Å². The topological polar surface area (TPSA) is 58.9 Å². The average Bonchev–Trinajstić information content (AvgIpc) is 2.62. The number of benzene rings is 1. The van der Waals surface area contributed by atoms with Gasteiger partial charge in [0.05, 0.1) is 19.8 Å². The summed E-state index contributed by atoms with van der Waals surface area (Å²) in [5.74, 6) is 0.402. The number of hydrazone groups is 1. The number of hydrogen-bond acceptors (Lipinski definition) is 5. The Labute approximate surface area is 150 Å².